The lowest BCUT2D eigenvalue weighted by atomic mass is 10.0. The maximum atomic E-state index is 13.2. The Balaban J connectivity index is 1.39. The summed E-state index contributed by atoms with van der Waals surface area (Å²) in [7, 11) is 0. The summed E-state index contributed by atoms with van der Waals surface area (Å²) < 4.78 is 5.79. The summed E-state index contributed by atoms with van der Waals surface area (Å²) >= 11 is 0. The molecule has 0 saturated carbocycles. The van der Waals surface area contributed by atoms with E-state index in [1.165, 1.54) is 0 Å². The van der Waals surface area contributed by atoms with Gasteiger partial charge in [0.1, 0.15) is 5.75 Å². The van der Waals surface area contributed by atoms with E-state index in [2.05, 4.69) is 0 Å². The third kappa shape index (κ3) is 4.55. The molecule has 1 saturated heterocycles. The number of nitrogens with zero attached hydrogens (tertiary/aromatic N) is 2. The largest absolute Gasteiger partial charge is 0.483 e. The van der Waals surface area contributed by atoms with Crippen molar-refractivity contribution >= 4 is 22.6 Å². The smallest absolute Gasteiger partial charge is 0.260 e. The van der Waals surface area contributed by atoms with Gasteiger partial charge in [0.2, 0.25) is 0 Å². The monoisotopic (exact) mass is 416 g/mol. The Labute approximate surface area is 183 Å². The van der Waals surface area contributed by atoms with Crippen LogP contribution in [0.4, 0.5) is 0 Å². The predicted molar refractivity (Wildman–Crippen MR) is 122 cm³/mol. The highest BCUT2D eigenvalue weighted by Crippen LogP contribution is 2.22. The van der Waals surface area contributed by atoms with Crippen LogP contribution in [0.1, 0.15) is 27.9 Å². The molecular formula is C26H28N2O3. The standard InChI is InChI=1S/C26H28N2O3/c1-19-8-5-13-24(20(19)2)31-18-25(29)27-14-7-15-28(17-16-27)26(30)23-12-6-10-21-9-3-4-11-22(21)23/h3-6,8-13H,7,14-18H2,1-2H3. The number of hydrogen-bond acceptors (Lipinski definition) is 3. The molecule has 1 heterocycles. The first-order chi connectivity index (χ1) is 15.0. The van der Waals surface area contributed by atoms with Gasteiger partial charge in [-0.05, 0) is 54.3 Å². The van der Waals surface area contributed by atoms with Crippen molar-refractivity contribution in [3.63, 3.8) is 0 Å². The molecule has 5 heteroatoms. The zero-order valence-electron chi connectivity index (χ0n) is 18.1. The van der Waals surface area contributed by atoms with Crippen LogP contribution >= 0.6 is 0 Å². The van der Waals surface area contributed by atoms with Crippen molar-refractivity contribution < 1.29 is 14.3 Å². The van der Waals surface area contributed by atoms with Crippen molar-refractivity contribution in [2.45, 2.75) is 20.3 Å². The molecule has 1 aliphatic heterocycles. The fourth-order valence-corrected chi connectivity index (χ4v) is 4.06. The van der Waals surface area contributed by atoms with Crippen molar-refractivity contribution in [3.8, 4) is 5.75 Å². The molecule has 0 aromatic heterocycles. The molecule has 0 aliphatic carbocycles. The van der Waals surface area contributed by atoms with Crippen LogP contribution in [0.25, 0.3) is 10.8 Å². The third-order valence-electron chi connectivity index (χ3n) is 6.06. The second-order valence-corrected chi connectivity index (χ2v) is 8.04. The highest BCUT2D eigenvalue weighted by molar-refractivity contribution is 6.07. The van der Waals surface area contributed by atoms with E-state index in [-0.39, 0.29) is 18.4 Å². The summed E-state index contributed by atoms with van der Waals surface area (Å²) in [5.41, 5.74) is 2.91. The lowest BCUT2D eigenvalue weighted by Gasteiger charge is -2.23. The predicted octanol–water partition coefficient (Wildman–Crippen LogP) is 4.21. The van der Waals surface area contributed by atoms with Crippen LogP contribution in [0.15, 0.2) is 60.7 Å². The Bertz CT molecular complexity index is 1100. The Morgan fingerprint density at radius 1 is 0.839 bits per heavy atom. The Morgan fingerprint density at radius 2 is 1.55 bits per heavy atom. The van der Waals surface area contributed by atoms with Gasteiger partial charge in [-0.1, -0.05) is 48.5 Å². The molecule has 0 radical (unpaired) electrons. The summed E-state index contributed by atoms with van der Waals surface area (Å²) in [6.07, 6.45) is 0.756. The molecule has 5 nitrogen and oxygen atoms in total. The fourth-order valence-electron chi connectivity index (χ4n) is 4.06. The van der Waals surface area contributed by atoms with E-state index < -0.39 is 0 Å². The molecule has 0 bridgehead atoms. The SMILES string of the molecule is Cc1cccc(OCC(=O)N2CCCN(C(=O)c3cccc4ccccc34)CC2)c1C. The van der Waals surface area contributed by atoms with Gasteiger partial charge in [0.05, 0.1) is 0 Å². The van der Waals surface area contributed by atoms with Crippen LogP contribution < -0.4 is 4.74 Å². The minimum Gasteiger partial charge on any atom is -0.483 e. The number of fused-ring (bicyclic) bond motifs is 1. The van der Waals surface area contributed by atoms with Gasteiger partial charge in [-0.3, -0.25) is 9.59 Å². The Kier molecular flexibility index (Phi) is 6.21. The highest BCUT2D eigenvalue weighted by Gasteiger charge is 2.24. The van der Waals surface area contributed by atoms with Crippen LogP contribution in [-0.4, -0.2) is 54.4 Å². The fraction of sp³-hybridized carbons (Fsp3) is 0.308. The number of aryl methyl sites for hydroxylation is 1. The van der Waals surface area contributed by atoms with E-state index in [1.54, 1.807) is 0 Å². The van der Waals surface area contributed by atoms with Gasteiger partial charge >= 0.3 is 0 Å². The van der Waals surface area contributed by atoms with Crippen LogP contribution in [0.3, 0.4) is 0 Å². The molecular weight excluding hydrogens is 388 g/mol. The topological polar surface area (TPSA) is 49.9 Å². The Hall–Kier alpha value is -3.34. The number of hydrogen-bond donors (Lipinski definition) is 0. The minimum atomic E-state index is -0.0413. The number of amides is 2. The molecule has 1 aliphatic rings. The molecule has 0 atom stereocenters. The van der Waals surface area contributed by atoms with E-state index in [0.717, 1.165) is 39.6 Å². The van der Waals surface area contributed by atoms with E-state index in [9.17, 15) is 9.59 Å². The van der Waals surface area contributed by atoms with Gasteiger partial charge in [-0.15, -0.1) is 0 Å². The molecule has 2 amide bonds. The number of carbonyl (C=O) groups excluding carboxylic acids is 2. The van der Waals surface area contributed by atoms with E-state index in [0.29, 0.717) is 26.2 Å². The van der Waals surface area contributed by atoms with E-state index in [1.807, 2.05) is 84.3 Å². The van der Waals surface area contributed by atoms with Gasteiger partial charge in [0, 0.05) is 31.7 Å². The summed E-state index contributed by atoms with van der Waals surface area (Å²) in [6.45, 7) is 6.36. The minimum absolute atomic E-state index is 0.0154. The maximum Gasteiger partial charge on any atom is 0.260 e. The van der Waals surface area contributed by atoms with Gasteiger partial charge in [-0.2, -0.15) is 0 Å². The van der Waals surface area contributed by atoms with Crippen LogP contribution in [0.2, 0.25) is 0 Å². The van der Waals surface area contributed by atoms with Crippen molar-refractivity contribution in [3.05, 3.63) is 77.4 Å². The van der Waals surface area contributed by atoms with Gasteiger partial charge < -0.3 is 14.5 Å². The summed E-state index contributed by atoms with van der Waals surface area (Å²) in [5, 5.41) is 2.03. The van der Waals surface area contributed by atoms with Crippen molar-refractivity contribution in [2.24, 2.45) is 0 Å². The molecule has 0 N–H and O–H groups in total. The maximum absolute atomic E-state index is 13.2. The van der Waals surface area contributed by atoms with Crippen LogP contribution in [0, 0.1) is 13.8 Å². The number of rotatable bonds is 4. The van der Waals surface area contributed by atoms with E-state index in [4.69, 9.17) is 4.74 Å². The number of benzene rings is 3. The lowest BCUT2D eigenvalue weighted by Crippen LogP contribution is -2.39. The molecule has 3 aromatic carbocycles. The van der Waals surface area contributed by atoms with Crippen molar-refractivity contribution in [1.29, 1.82) is 0 Å². The summed E-state index contributed by atoms with van der Waals surface area (Å²) in [6, 6.07) is 19.6. The summed E-state index contributed by atoms with van der Waals surface area (Å²) in [4.78, 5) is 29.6. The zero-order chi connectivity index (χ0) is 21.8. The first-order valence-corrected chi connectivity index (χ1v) is 10.8. The molecule has 4 rings (SSSR count). The first kappa shape index (κ1) is 20.9. The zero-order valence-corrected chi connectivity index (χ0v) is 18.1. The second-order valence-electron chi connectivity index (χ2n) is 8.04. The third-order valence-corrected chi connectivity index (χ3v) is 6.06. The molecule has 31 heavy (non-hydrogen) atoms. The van der Waals surface area contributed by atoms with Gasteiger partial charge in [-0.25, -0.2) is 0 Å². The van der Waals surface area contributed by atoms with Gasteiger partial charge in [0.25, 0.3) is 11.8 Å². The number of ether oxygens (including phenoxy) is 1. The van der Waals surface area contributed by atoms with Crippen molar-refractivity contribution in [1.82, 2.24) is 9.80 Å². The van der Waals surface area contributed by atoms with Gasteiger partial charge in [0.15, 0.2) is 6.61 Å². The van der Waals surface area contributed by atoms with Crippen molar-refractivity contribution in [2.75, 3.05) is 32.8 Å². The van der Waals surface area contributed by atoms with E-state index >= 15 is 0 Å². The summed E-state index contributed by atoms with van der Waals surface area (Å²) in [5.74, 6) is 0.731. The first-order valence-electron chi connectivity index (χ1n) is 10.8. The lowest BCUT2D eigenvalue weighted by molar-refractivity contribution is -0.133. The average molecular weight is 417 g/mol. The average Bonchev–Trinajstić information content (AvgIpc) is 3.05. The highest BCUT2D eigenvalue weighted by atomic mass is 16.5. The quantitative estimate of drug-likeness (QED) is 0.640. The second kappa shape index (κ2) is 9.21. The normalized spacial score (nSPS) is 14.4. The number of carbonyl (C=O) groups is 2. The Morgan fingerprint density at radius 3 is 2.42 bits per heavy atom. The molecule has 3 aromatic rings. The molecule has 0 unspecified atom stereocenters. The van der Waals surface area contributed by atoms with Crippen LogP contribution in [-0.2, 0) is 4.79 Å². The van der Waals surface area contributed by atoms with Crippen LogP contribution in [0.5, 0.6) is 5.75 Å². The molecule has 0 spiro atoms. The molecule has 1 fully saturated rings. The molecule has 160 valence electrons.